The Bertz CT molecular complexity index is 667. The van der Waals surface area contributed by atoms with Crippen molar-refractivity contribution in [2.24, 2.45) is 10.9 Å². The first-order chi connectivity index (χ1) is 13.7. The van der Waals surface area contributed by atoms with Crippen molar-refractivity contribution in [2.45, 2.75) is 32.2 Å². The molecule has 3 rings (SSSR count). The highest BCUT2D eigenvalue weighted by Gasteiger charge is 2.29. The van der Waals surface area contributed by atoms with Crippen molar-refractivity contribution in [1.29, 1.82) is 0 Å². The van der Waals surface area contributed by atoms with Crippen molar-refractivity contribution in [3.63, 3.8) is 0 Å². The highest BCUT2D eigenvalue weighted by molar-refractivity contribution is 5.79. The van der Waals surface area contributed by atoms with Crippen LogP contribution < -0.4 is 10.6 Å². The number of hydrogen-bond acceptors (Lipinski definition) is 3. The average molecular weight is 390 g/mol. The first kappa shape index (κ1) is 20.6. The van der Waals surface area contributed by atoms with Crippen LogP contribution >= 0.6 is 0 Å². The van der Waals surface area contributed by atoms with E-state index in [1.165, 1.54) is 25.0 Å². The van der Waals surface area contributed by atoms with Gasteiger partial charge in [-0.3, -0.25) is 14.7 Å². The van der Waals surface area contributed by atoms with E-state index in [1.807, 2.05) is 6.07 Å². The number of hydrogen-bond donors (Lipinski definition) is 2. The zero-order chi connectivity index (χ0) is 19.8. The van der Waals surface area contributed by atoms with Crippen LogP contribution in [0.3, 0.4) is 0 Å². The third-order valence-electron chi connectivity index (χ3n) is 5.68. The summed E-state index contributed by atoms with van der Waals surface area (Å²) >= 11 is 0. The summed E-state index contributed by atoms with van der Waals surface area (Å²) in [6, 6.07) is 6.56. The van der Waals surface area contributed by atoms with E-state index >= 15 is 0 Å². The summed E-state index contributed by atoms with van der Waals surface area (Å²) in [5, 5.41) is 6.51. The van der Waals surface area contributed by atoms with Gasteiger partial charge in [-0.25, -0.2) is 4.39 Å². The number of piperazine rings is 1. The van der Waals surface area contributed by atoms with Crippen molar-refractivity contribution in [3.8, 4) is 0 Å². The summed E-state index contributed by atoms with van der Waals surface area (Å²) in [6.45, 7) is 5.74. The molecule has 1 aromatic carbocycles. The van der Waals surface area contributed by atoms with Crippen molar-refractivity contribution < 1.29 is 9.18 Å². The Balaban J connectivity index is 1.32. The predicted molar refractivity (Wildman–Crippen MR) is 110 cm³/mol. The van der Waals surface area contributed by atoms with Crippen LogP contribution in [0, 0.1) is 11.7 Å². The topological polar surface area (TPSA) is 60.0 Å². The second-order valence-corrected chi connectivity index (χ2v) is 7.63. The SMILES string of the molecule is CN=C(NCCN1CCN(C(=O)C2CCCC2)CC1)NCc1cccc(F)c1. The summed E-state index contributed by atoms with van der Waals surface area (Å²) in [5.74, 6) is 1.13. The maximum absolute atomic E-state index is 13.2. The van der Waals surface area contributed by atoms with Crippen molar-refractivity contribution in [2.75, 3.05) is 46.3 Å². The molecule has 1 aliphatic heterocycles. The monoisotopic (exact) mass is 389 g/mol. The molecule has 7 heteroatoms. The minimum Gasteiger partial charge on any atom is -0.355 e. The Labute approximate surface area is 167 Å². The number of guanidine groups is 1. The maximum Gasteiger partial charge on any atom is 0.225 e. The number of carbonyl (C=O) groups excluding carboxylic acids is 1. The molecular formula is C21H32FN5O. The van der Waals surface area contributed by atoms with E-state index in [-0.39, 0.29) is 11.7 Å². The first-order valence-electron chi connectivity index (χ1n) is 10.4. The minimum absolute atomic E-state index is 0.229. The van der Waals surface area contributed by atoms with Crippen molar-refractivity contribution in [3.05, 3.63) is 35.6 Å². The fraction of sp³-hybridized carbons (Fsp3) is 0.619. The van der Waals surface area contributed by atoms with Gasteiger partial charge >= 0.3 is 0 Å². The van der Waals surface area contributed by atoms with E-state index in [0.717, 1.165) is 57.7 Å². The zero-order valence-electron chi connectivity index (χ0n) is 16.8. The molecule has 1 saturated carbocycles. The molecule has 0 atom stereocenters. The second-order valence-electron chi connectivity index (χ2n) is 7.63. The van der Waals surface area contributed by atoms with Crippen molar-refractivity contribution >= 4 is 11.9 Å². The molecule has 0 spiro atoms. The summed E-state index contributed by atoms with van der Waals surface area (Å²) in [7, 11) is 1.73. The Kier molecular flexibility index (Phi) is 7.65. The summed E-state index contributed by atoms with van der Waals surface area (Å²) in [5.41, 5.74) is 0.881. The molecule has 1 amide bonds. The minimum atomic E-state index is -0.229. The van der Waals surface area contributed by atoms with E-state index in [2.05, 4.69) is 25.4 Å². The molecule has 6 nitrogen and oxygen atoms in total. The van der Waals surface area contributed by atoms with Crippen LogP contribution in [0.1, 0.15) is 31.2 Å². The van der Waals surface area contributed by atoms with E-state index < -0.39 is 0 Å². The molecule has 0 radical (unpaired) electrons. The molecule has 1 saturated heterocycles. The van der Waals surface area contributed by atoms with E-state index in [1.54, 1.807) is 13.1 Å². The van der Waals surface area contributed by atoms with Gasteiger partial charge < -0.3 is 15.5 Å². The molecule has 1 aromatic rings. The zero-order valence-corrected chi connectivity index (χ0v) is 16.8. The van der Waals surface area contributed by atoms with E-state index in [0.29, 0.717) is 18.4 Å². The molecule has 154 valence electrons. The number of nitrogens with zero attached hydrogens (tertiary/aromatic N) is 3. The lowest BCUT2D eigenvalue weighted by Crippen LogP contribution is -2.51. The van der Waals surface area contributed by atoms with Crippen LogP contribution in [-0.4, -0.2) is 68.0 Å². The highest BCUT2D eigenvalue weighted by atomic mass is 19.1. The molecule has 2 fully saturated rings. The Morgan fingerprint density at radius 1 is 1.18 bits per heavy atom. The van der Waals surface area contributed by atoms with Crippen LogP contribution in [-0.2, 0) is 11.3 Å². The van der Waals surface area contributed by atoms with Gasteiger partial charge in [-0.2, -0.15) is 0 Å². The Morgan fingerprint density at radius 2 is 1.93 bits per heavy atom. The smallest absolute Gasteiger partial charge is 0.225 e. The van der Waals surface area contributed by atoms with Gasteiger partial charge in [0.2, 0.25) is 5.91 Å². The number of nitrogens with one attached hydrogen (secondary N) is 2. The molecular weight excluding hydrogens is 357 g/mol. The van der Waals surface area contributed by atoms with Gasteiger partial charge in [0, 0.05) is 58.8 Å². The van der Waals surface area contributed by atoms with Gasteiger partial charge in [0.05, 0.1) is 0 Å². The number of halogens is 1. The molecule has 28 heavy (non-hydrogen) atoms. The van der Waals surface area contributed by atoms with Gasteiger partial charge in [0.25, 0.3) is 0 Å². The van der Waals surface area contributed by atoms with Crippen LogP contribution in [0.4, 0.5) is 4.39 Å². The van der Waals surface area contributed by atoms with Gasteiger partial charge in [-0.05, 0) is 30.5 Å². The Morgan fingerprint density at radius 3 is 2.61 bits per heavy atom. The van der Waals surface area contributed by atoms with Gasteiger partial charge in [-0.1, -0.05) is 25.0 Å². The lowest BCUT2D eigenvalue weighted by molar-refractivity contribution is -0.137. The maximum atomic E-state index is 13.2. The third kappa shape index (κ3) is 5.92. The molecule has 1 heterocycles. The molecule has 0 bridgehead atoms. The van der Waals surface area contributed by atoms with Gasteiger partial charge in [0.1, 0.15) is 5.82 Å². The number of benzene rings is 1. The first-order valence-corrected chi connectivity index (χ1v) is 10.4. The van der Waals surface area contributed by atoms with Crippen LogP contribution in [0.5, 0.6) is 0 Å². The fourth-order valence-electron chi connectivity index (χ4n) is 4.01. The molecule has 2 aliphatic rings. The van der Waals surface area contributed by atoms with Gasteiger partial charge in [0.15, 0.2) is 5.96 Å². The highest BCUT2D eigenvalue weighted by Crippen LogP contribution is 2.26. The summed E-state index contributed by atoms with van der Waals surface area (Å²) in [4.78, 5) is 21.2. The quantitative estimate of drug-likeness (QED) is 0.576. The summed E-state index contributed by atoms with van der Waals surface area (Å²) < 4.78 is 13.2. The van der Waals surface area contributed by atoms with E-state index in [4.69, 9.17) is 0 Å². The molecule has 1 aliphatic carbocycles. The standard InChI is InChI=1S/C21H32FN5O/c1-23-21(25-16-17-5-4-8-19(22)15-17)24-9-10-26-11-13-27(14-12-26)20(28)18-6-2-3-7-18/h4-5,8,15,18H,2-3,6-7,9-14,16H2,1H3,(H2,23,24,25). The van der Waals surface area contributed by atoms with Crippen LogP contribution in [0.25, 0.3) is 0 Å². The van der Waals surface area contributed by atoms with Gasteiger partial charge in [-0.15, -0.1) is 0 Å². The number of rotatable bonds is 6. The molecule has 0 aromatic heterocycles. The predicted octanol–water partition coefficient (Wildman–Crippen LogP) is 1.83. The second kappa shape index (κ2) is 10.4. The third-order valence-corrected chi connectivity index (χ3v) is 5.68. The normalized spacial score (nSPS) is 19.1. The Hall–Kier alpha value is -2.15. The van der Waals surface area contributed by atoms with Crippen LogP contribution in [0.2, 0.25) is 0 Å². The lowest BCUT2D eigenvalue weighted by atomic mass is 10.1. The fourth-order valence-corrected chi connectivity index (χ4v) is 4.01. The van der Waals surface area contributed by atoms with Crippen molar-refractivity contribution in [1.82, 2.24) is 20.4 Å². The number of amides is 1. The number of aliphatic imine (C=N–C) groups is 1. The largest absolute Gasteiger partial charge is 0.355 e. The average Bonchev–Trinajstić information content (AvgIpc) is 3.25. The summed E-state index contributed by atoms with van der Waals surface area (Å²) in [6.07, 6.45) is 4.56. The van der Waals surface area contributed by atoms with E-state index in [9.17, 15) is 9.18 Å². The molecule has 0 unspecified atom stereocenters. The number of carbonyl (C=O) groups is 1. The lowest BCUT2D eigenvalue weighted by Gasteiger charge is -2.36. The van der Waals surface area contributed by atoms with Crippen LogP contribution in [0.15, 0.2) is 29.3 Å². The molecule has 2 N–H and O–H groups in total.